The van der Waals surface area contributed by atoms with Crippen LogP contribution in [0, 0.1) is 5.92 Å². The highest BCUT2D eigenvalue weighted by Crippen LogP contribution is 2.15. The Bertz CT molecular complexity index is 430. The molecule has 3 N–H and O–H groups in total. The molecule has 2 unspecified atom stereocenters. The fourth-order valence-electron chi connectivity index (χ4n) is 1.90. The molecule has 20 heavy (non-hydrogen) atoms. The molecule has 0 aliphatic carbocycles. The normalized spacial score (nSPS) is 21.1. The van der Waals surface area contributed by atoms with Crippen LogP contribution in [0.2, 0.25) is 0 Å². The molecule has 1 aromatic carbocycles. The standard InChI is InChI=1S/C13H17BrN2O3.ClH/c14-10-1-3-11(4-2-10)19-8-13(18)16-6-9-5-15-7-12(9)17;/h1-4,9,12,15,17H,5-8H2,(H,16,18);1H. The molecule has 1 amide bonds. The lowest BCUT2D eigenvalue weighted by atomic mass is 10.1. The summed E-state index contributed by atoms with van der Waals surface area (Å²) >= 11 is 3.33. The van der Waals surface area contributed by atoms with Gasteiger partial charge in [0.25, 0.3) is 5.91 Å². The molecular formula is C13H18BrClN2O3. The molecule has 7 heteroatoms. The van der Waals surface area contributed by atoms with Crippen LogP contribution in [-0.2, 0) is 4.79 Å². The SMILES string of the molecule is Cl.O=C(COc1ccc(Br)cc1)NCC1CNCC1O. The van der Waals surface area contributed by atoms with Crippen LogP contribution in [0.3, 0.4) is 0 Å². The maximum atomic E-state index is 11.6. The molecule has 1 aliphatic rings. The second-order valence-corrected chi connectivity index (χ2v) is 5.45. The number of hydrogen-bond donors (Lipinski definition) is 3. The molecule has 2 atom stereocenters. The predicted octanol–water partition coefficient (Wildman–Crippen LogP) is 0.946. The largest absolute Gasteiger partial charge is 0.484 e. The van der Waals surface area contributed by atoms with Crippen LogP contribution in [0.1, 0.15) is 0 Å². The summed E-state index contributed by atoms with van der Waals surface area (Å²) in [5.74, 6) is 0.555. The molecule has 1 aliphatic heterocycles. The van der Waals surface area contributed by atoms with Gasteiger partial charge in [0.1, 0.15) is 5.75 Å². The third-order valence-electron chi connectivity index (χ3n) is 3.05. The van der Waals surface area contributed by atoms with Crippen molar-refractivity contribution in [2.45, 2.75) is 6.10 Å². The van der Waals surface area contributed by atoms with E-state index in [4.69, 9.17) is 4.74 Å². The first-order chi connectivity index (χ1) is 9.15. The summed E-state index contributed by atoms with van der Waals surface area (Å²) in [6, 6.07) is 7.30. The number of amides is 1. The summed E-state index contributed by atoms with van der Waals surface area (Å²) < 4.78 is 6.32. The van der Waals surface area contributed by atoms with E-state index in [1.165, 1.54) is 0 Å². The monoisotopic (exact) mass is 364 g/mol. The van der Waals surface area contributed by atoms with E-state index in [9.17, 15) is 9.90 Å². The summed E-state index contributed by atoms with van der Waals surface area (Å²) in [5, 5.41) is 15.4. The number of aliphatic hydroxyl groups excluding tert-OH is 1. The van der Waals surface area contributed by atoms with Gasteiger partial charge >= 0.3 is 0 Å². The molecule has 1 heterocycles. The van der Waals surface area contributed by atoms with Crippen molar-refractivity contribution in [1.82, 2.24) is 10.6 Å². The molecule has 0 aromatic heterocycles. The first-order valence-electron chi connectivity index (χ1n) is 6.19. The lowest BCUT2D eigenvalue weighted by Crippen LogP contribution is -2.36. The lowest BCUT2D eigenvalue weighted by Gasteiger charge is -2.14. The van der Waals surface area contributed by atoms with E-state index in [1.807, 2.05) is 12.1 Å². The van der Waals surface area contributed by atoms with Gasteiger partial charge in [-0.05, 0) is 24.3 Å². The van der Waals surface area contributed by atoms with Crippen LogP contribution in [0.4, 0.5) is 0 Å². The summed E-state index contributed by atoms with van der Waals surface area (Å²) in [4.78, 5) is 11.6. The number of benzene rings is 1. The van der Waals surface area contributed by atoms with Crippen molar-refractivity contribution in [3.8, 4) is 5.75 Å². The van der Waals surface area contributed by atoms with Crippen molar-refractivity contribution >= 4 is 34.2 Å². The van der Waals surface area contributed by atoms with Crippen LogP contribution < -0.4 is 15.4 Å². The summed E-state index contributed by atoms with van der Waals surface area (Å²) in [7, 11) is 0. The number of nitrogens with one attached hydrogen (secondary N) is 2. The minimum Gasteiger partial charge on any atom is -0.484 e. The van der Waals surface area contributed by atoms with Crippen molar-refractivity contribution < 1.29 is 14.6 Å². The smallest absolute Gasteiger partial charge is 0.257 e. The fourth-order valence-corrected chi connectivity index (χ4v) is 2.17. The van der Waals surface area contributed by atoms with Gasteiger partial charge < -0.3 is 20.5 Å². The van der Waals surface area contributed by atoms with Gasteiger partial charge in [0.05, 0.1) is 6.10 Å². The van der Waals surface area contributed by atoms with Gasteiger partial charge in [-0.3, -0.25) is 4.79 Å². The maximum absolute atomic E-state index is 11.6. The van der Waals surface area contributed by atoms with Gasteiger partial charge in [0, 0.05) is 30.0 Å². The van der Waals surface area contributed by atoms with E-state index in [1.54, 1.807) is 12.1 Å². The molecule has 1 aromatic rings. The van der Waals surface area contributed by atoms with Crippen LogP contribution in [0.5, 0.6) is 5.75 Å². The molecule has 0 radical (unpaired) electrons. The zero-order valence-corrected chi connectivity index (χ0v) is 13.2. The van der Waals surface area contributed by atoms with Crippen molar-refractivity contribution in [3.63, 3.8) is 0 Å². The number of ether oxygens (including phenoxy) is 1. The molecule has 112 valence electrons. The molecule has 1 fully saturated rings. The Morgan fingerprint density at radius 1 is 1.40 bits per heavy atom. The first-order valence-corrected chi connectivity index (χ1v) is 6.98. The Labute approximate surface area is 132 Å². The van der Waals surface area contributed by atoms with Gasteiger partial charge in [0.2, 0.25) is 0 Å². The summed E-state index contributed by atoms with van der Waals surface area (Å²) in [5.41, 5.74) is 0. The quantitative estimate of drug-likeness (QED) is 0.726. The molecule has 1 saturated heterocycles. The van der Waals surface area contributed by atoms with Crippen molar-refractivity contribution in [3.05, 3.63) is 28.7 Å². The fraction of sp³-hybridized carbons (Fsp3) is 0.462. The summed E-state index contributed by atoms with van der Waals surface area (Å²) in [6.45, 7) is 1.78. The number of carbonyl (C=O) groups excluding carboxylic acids is 1. The van der Waals surface area contributed by atoms with Gasteiger partial charge in [0.15, 0.2) is 6.61 Å². The third kappa shape index (κ3) is 5.28. The number of rotatable bonds is 5. The second-order valence-electron chi connectivity index (χ2n) is 4.53. The number of hydrogen-bond acceptors (Lipinski definition) is 4. The van der Waals surface area contributed by atoms with E-state index < -0.39 is 0 Å². The maximum Gasteiger partial charge on any atom is 0.257 e. The topological polar surface area (TPSA) is 70.6 Å². The highest BCUT2D eigenvalue weighted by Gasteiger charge is 2.24. The molecule has 0 spiro atoms. The highest BCUT2D eigenvalue weighted by atomic mass is 79.9. The minimum atomic E-state index is -0.382. The number of halogens is 2. The molecule has 0 bridgehead atoms. The Balaban J connectivity index is 0.00000200. The molecule has 2 rings (SSSR count). The van der Waals surface area contributed by atoms with Crippen molar-refractivity contribution in [2.24, 2.45) is 5.92 Å². The Morgan fingerprint density at radius 3 is 2.70 bits per heavy atom. The lowest BCUT2D eigenvalue weighted by molar-refractivity contribution is -0.123. The van der Waals surface area contributed by atoms with Gasteiger partial charge in [-0.25, -0.2) is 0 Å². The number of carbonyl (C=O) groups is 1. The Hall–Kier alpha value is -0.820. The second kappa shape index (κ2) is 8.46. The van der Waals surface area contributed by atoms with Crippen LogP contribution in [0.15, 0.2) is 28.7 Å². The van der Waals surface area contributed by atoms with Crippen molar-refractivity contribution in [1.29, 1.82) is 0 Å². The zero-order chi connectivity index (χ0) is 13.7. The zero-order valence-electron chi connectivity index (χ0n) is 10.8. The molecule has 5 nitrogen and oxygen atoms in total. The van der Waals surface area contributed by atoms with E-state index in [0.717, 1.165) is 11.0 Å². The van der Waals surface area contributed by atoms with E-state index in [2.05, 4.69) is 26.6 Å². The predicted molar refractivity (Wildman–Crippen MR) is 82.3 cm³/mol. The van der Waals surface area contributed by atoms with E-state index in [-0.39, 0.29) is 36.9 Å². The first kappa shape index (κ1) is 17.2. The van der Waals surface area contributed by atoms with Crippen molar-refractivity contribution in [2.75, 3.05) is 26.2 Å². The summed E-state index contributed by atoms with van der Waals surface area (Å²) in [6.07, 6.45) is -0.382. The molecule has 0 saturated carbocycles. The van der Waals surface area contributed by atoms with E-state index in [0.29, 0.717) is 18.8 Å². The minimum absolute atomic E-state index is 0. The van der Waals surface area contributed by atoms with E-state index >= 15 is 0 Å². The number of aliphatic hydroxyl groups is 1. The van der Waals surface area contributed by atoms with Crippen LogP contribution >= 0.6 is 28.3 Å². The average molecular weight is 366 g/mol. The van der Waals surface area contributed by atoms with Gasteiger partial charge in [-0.2, -0.15) is 0 Å². The average Bonchev–Trinajstić information content (AvgIpc) is 2.81. The van der Waals surface area contributed by atoms with Crippen LogP contribution in [0.25, 0.3) is 0 Å². The third-order valence-corrected chi connectivity index (χ3v) is 3.58. The highest BCUT2D eigenvalue weighted by molar-refractivity contribution is 9.10. The van der Waals surface area contributed by atoms with Gasteiger partial charge in [-0.1, -0.05) is 15.9 Å². The van der Waals surface area contributed by atoms with Crippen LogP contribution in [-0.4, -0.2) is 43.4 Å². The Kier molecular flexibility index (Phi) is 7.29. The Morgan fingerprint density at radius 2 is 2.10 bits per heavy atom. The molecular weight excluding hydrogens is 348 g/mol. The van der Waals surface area contributed by atoms with Gasteiger partial charge in [-0.15, -0.1) is 12.4 Å². The number of β-amino-alcohol motifs (C(OH)–C–C–N with tert-alkyl or cyclic N) is 1.